The molecular weight excluding hydrogens is 662 g/mol. The molecule has 1 amide bonds. The van der Waals surface area contributed by atoms with Crippen LogP contribution in [0.2, 0.25) is 0 Å². The summed E-state index contributed by atoms with van der Waals surface area (Å²) in [5.74, 6) is -11.3. The molecule has 0 spiro atoms. The molecule has 0 saturated heterocycles. The number of hydrogen-bond donors (Lipinski definition) is 5. The highest BCUT2D eigenvalue weighted by Gasteiger charge is 2.40. The maximum absolute atomic E-state index is 11.2. The van der Waals surface area contributed by atoms with Gasteiger partial charge in [-0.15, -0.1) is 0 Å². The summed E-state index contributed by atoms with van der Waals surface area (Å²) in [7, 11) is 0. The van der Waals surface area contributed by atoms with Crippen molar-refractivity contribution in [1.29, 1.82) is 0 Å². The third kappa shape index (κ3) is 24.1. The number of carbonyl (C=O) groups excluding carboxylic acids is 1. The van der Waals surface area contributed by atoms with Gasteiger partial charge in [0.05, 0.1) is 0 Å². The fourth-order valence-electron chi connectivity index (χ4n) is 2.00. The van der Waals surface area contributed by atoms with Crippen molar-refractivity contribution in [1.82, 2.24) is 0 Å². The molecule has 0 heterocycles. The van der Waals surface area contributed by atoms with E-state index in [-0.39, 0.29) is 11.8 Å². The van der Waals surface area contributed by atoms with E-state index < -0.39 is 48.6 Å². The second-order valence-corrected chi connectivity index (χ2v) is 7.26. The van der Waals surface area contributed by atoms with E-state index in [1.54, 1.807) is 0 Å². The summed E-state index contributed by atoms with van der Waals surface area (Å²) >= 11 is 0. The number of primary amides is 1. The second kappa shape index (κ2) is 19.3. The zero-order chi connectivity index (χ0) is 36.4. The first-order chi connectivity index (χ1) is 20.0. The zero-order valence-electron chi connectivity index (χ0n) is 21.5. The summed E-state index contributed by atoms with van der Waals surface area (Å²) in [6.45, 7) is 0. The van der Waals surface area contributed by atoms with Crippen molar-refractivity contribution in [2.24, 2.45) is 5.73 Å². The molecule has 2 aromatic carbocycles. The average molecular weight is 681 g/mol. The molecular formula is C23H19F12NO9. The molecule has 0 aliphatic rings. The average Bonchev–Trinajstić information content (AvgIpc) is 2.87. The Bertz CT molecular complexity index is 1080. The van der Waals surface area contributed by atoms with Gasteiger partial charge in [-0.05, 0) is 11.1 Å². The van der Waals surface area contributed by atoms with Crippen molar-refractivity contribution in [3.8, 4) is 0 Å². The van der Waals surface area contributed by atoms with Crippen LogP contribution in [-0.2, 0) is 24.0 Å². The molecule has 0 radical (unpaired) electrons. The van der Waals surface area contributed by atoms with Crippen LogP contribution in [0.25, 0.3) is 0 Å². The van der Waals surface area contributed by atoms with Crippen molar-refractivity contribution in [3.05, 3.63) is 71.8 Å². The number of benzene rings is 2. The van der Waals surface area contributed by atoms with E-state index >= 15 is 0 Å². The van der Waals surface area contributed by atoms with Gasteiger partial charge < -0.3 is 26.2 Å². The Morgan fingerprint density at radius 2 is 0.667 bits per heavy atom. The van der Waals surface area contributed by atoms with E-state index in [0.29, 0.717) is 6.42 Å². The normalized spacial score (nSPS) is 11.0. The Balaban J connectivity index is -0.000000535. The molecule has 0 atom stereocenters. The molecule has 0 bridgehead atoms. The Hall–Kier alpha value is -5.05. The van der Waals surface area contributed by atoms with Crippen LogP contribution in [0.4, 0.5) is 52.7 Å². The topological polar surface area (TPSA) is 192 Å². The summed E-state index contributed by atoms with van der Waals surface area (Å²) < 4.78 is 127. The van der Waals surface area contributed by atoms with Gasteiger partial charge in [0.25, 0.3) is 0 Å². The van der Waals surface area contributed by atoms with Crippen molar-refractivity contribution in [3.63, 3.8) is 0 Å². The molecule has 6 N–H and O–H groups in total. The van der Waals surface area contributed by atoms with Crippen LogP contribution in [0.3, 0.4) is 0 Å². The summed E-state index contributed by atoms with van der Waals surface area (Å²) in [4.78, 5) is 46.8. The van der Waals surface area contributed by atoms with E-state index in [2.05, 4.69) is 0 Å². The number of nitrogens with two attached hydrogens (primary N) is 1. The molecule has 0 saturated carbocycles. The lowest BCUT2D eigenvalue weighted by Gasteiger charge is -2.16. The van der Waals surface area contributed by atoms with Crippen LogP contribution in [0, 0.1) is 0 Å². The SMILES string of the molecule is NC(=O)CC(c1ccccc1)c1ccccc1.O=C(O)C(F)(F)F.O=C(O)C(F)(F)F.O=C(O)C(F)(F)F.O=C(O)C(F)(F)F. The second-order valence-electron chi connectivity index (χ2n) is 7.26. The fraction of sp³-hybridized carbons (Fsp3) is 0.261. The number of carboxylic acid groups (broad SMARTS) is 4. The predicted octanol–water partition coefficient (Wildman–Crippen LogP) is 5.23. The lowest BCUT2D eigenvalue weighted by molar-refractivity contribution is -0.193. The zero-order valence-corrected chi connectivity index (χ0v) is 21.5. The van der Waals surface area contributed by atoms with Crippen molar-refractivity contribution < 1.29 is 97.1 Å². The van der Waals surface area contributed by atoms with Gasteiger partial charge in [-0.3, -0.25) is 4.79 Å². The molecule has 0 fully saturated rings. The first-order valence-corrected chi connectivity index (χ1v) is 10.6. The molecule has 22 heteroatoms. The van der Waals surface area contributed by atoms with E-state index in [0.717, 1.165) is 11.1 Å². The Labute approximate surface area is 242 Å². The van der Waals surface area contributed by atoms with Gasteiger partial charge in [-0.2, -0.15) is 52.7 Å². The molecule has 0 aromatic heterocycles. The maximum atomic E-state index is 11.2. The van der Waals surface area contributed by atoms with Crippen LogP contribution >= 0.6 is 0 Å². The molecule has 2 rings (SSSR count). The highest BCUT2D eigenvalue weighted by Crippen LogP contribution is 2.27. The van der Waals surface area contributed by atoms with Crippen molar-refractivity contribution in [2.45, 2.75) is 37.0 Å². The third-order valence-corrected chi connectivity index (χ3v) is 3.78. The van der Waals surface area contributed by atoms with Crippen LogP contribution < -0.4 is 5.73 Å². The van der Waals surface area contributed by atoms with E-state index in [1.807, 2.05) is 60.7 Å². The van der Waals surface area contributed by atoms with Gasteiger partial charge in [0.15, 0.2) is 0 Å². The monoisotopic (exact) mass is 681 g/mol. The smallest absolute Gasteiger partial charge is 0.475 e. The first kappa shape index (κ1) is 44.4. The van der Waals surface area contributed by atoms with Gasteiger partial charge in [-0.1, -0.05) is 60.7 Å². The van der Waals surface area contributed by atoms with Gasteiger partial charge in [-0.25, -0.2) is 19.2 Å². The van der Waals surface area contributed by atoms with E-state index in [9.17, 15) is 57.5 Å². The summed E-state index contributed by atoms with van der Waals surface area (Å²) in [5.41, 5.74) is 7.57. The fourth-order valence-corrected chi connectivity index (χ4v) is 2.00. The third-order valence-electron chi connectivity index (χ3n) is 3.78. The van der Waals surface area contributed by atoms with Gasteiger partial charge in [0.2, 0.25) is 5.91 Å². The standard InChI is InChI=1S/C15H15NO.4C2HF3O2/c16-15(17)11-14(12-7-3-1-4-8-12)13-9-5-2-6-10-13;4*3-2(4,5)1(6)7/h1-10,14H,11H2,(H2,16,17);4*(H,6,7). The minimum atomic E-state index is -5.08. The summed E-state index contributed by atoms with van der Waals surface area (Å²) in [6.07, 6.45) is -20.0. The van der Waals surface area contributed by atoms with Crippen LogP contribution in [0.1, 0.15) is 23.5 Å². The largest absolute Gasteiger partial charge is 0.490 e. The molecule has 45 heavy (non-hydrogen) atoms. The lowest BCUT2D eigenvalue weighted by atomic mass is 9.88. The van der Waals surface area contributed by atoms with Crippen molar-refractivity contribution in [2.75, 3.05) is 0 Å². The minimum absolute atomic E-state index is 0.0508. The number of aliphatic carboxylic acids is 4. The van der Waals surface area contributed by atoms with Crippen LogP contribution in [0.5, 0.6) is 0 Å². The quantitative estimate of drug-likeness (QED) is 0.269. The number of rotatable bonds is 4. The van der Waals surface area contributed by atoms with E-state index in [1.165, 1.54) is 0 Å². The number of amides is 1. The molecule has 0 aliphatic carbocycles. The first-order valence-electron chi connectivity index (χ1n) is 10.6. The van der Waals surface area contributed by atoms with Gasteiger partial charge in [0.1, 0.15) is 0 Å². The Kier molecular flexibility index (Phi) is 19.0. The van der Waals surface area contributed by atoms with Gasteiger partial charge >= 0.3 is 48.6 Å². The molecule has 10 nitrogen and oxygen atoms in total. The number of carboxylic acids is 4. The Morgan fingerprint density at radius 3 is 0.800 bits per heavy atom. The van der Waals surface area contributed by atoms with Crippen LogP contribution in [0.15, 0.2) is 60.7 Å². The molecule has 2 aromatic rings. The number of alkyl halides is 12. The number of hydrogen-bond acceptors (Lipinski definition) is 5. The van der Waals surface area contributed by atoms with Crippen LogP contribution in [-0.4, -0.2) is 74.9 Å². The molecule has 0 aliphatic heterocycles. The molecule has 254 valence electrons. The summed E-state index contributed by atoms with van der Waals surface area (Å²) in [5, 5.41) is 28.5. The number of halogens is 12. The van der Waals surface area contributed by atoms with Gasteiger partial charge in [0, 0.05) is 12.3 Å². The highest BCUT2D eigenvalue weighted by atomic mass is 19.4. The minimum Gasteiger partial charge on any atom is -0.475 e. The van der Waals surface area contributed by atoms with Crippen molar-refractivity contribution >= 4 is 29.8 Å². The predicted molar refractivity (Wildman–Crippen MR) is 123 cm³/mol. The highest BCUT2D eigenvalue weighted by molar-refractivity contribution is 5.75. The molecule has 0 unspecified atom stereocenters. The Morgan fingerprint density at radius 1 is 0.489 bits per heavy atom. The lowest BCUT2D eigenvalue weighted by Crippen LogP contribution is -2.21. The maximum Gasteiger partial charge on any atom is 0.490 e. The summed E-state index contributed by atoms with van der Waals surface area (Å²) in [6, 6.07) is 20.0. The van der Waals surface area contributed by atoms with E-state index in [4.69, 9.17) is 45.3 Å². The number of carbonyl (C=O) groups is 5.